The number of morpholine rings is 1. The lowest BCUT2D eigenvalue weighted by atomic mass is 9.87. The molecule has 2 fully saturated rings. The van der Waals surface area contributed by atoms with Crippen molar-refractivity contribution >= 4 is 0 Å². The van der Waals surface area contributed by atoms with Gasteiger partial charge in [0.05, 0.1) is 19.3 Å². The van der Waals surface area contributed by atoms with E-state index in [-0.39, 0.29) is 0 Å². The van der Waals surface area contributed by atoms with E-state index in [1.807, 2.05) is 6.92 Å². The Morgan fingerprint density at radius 3 is 2.55 bits per heavy atom. The minimum Gasteiger partial charge on any atom is -0.465 e. The Morgan fingerprint density at radius 1 is 1.18 bits per heavy atom. The van der Waals surface area contributed by atoms with E-state index in [9.17, 15) is 0 Å². The van der Waals surface area contributed by atoms with Crippen molar-refractivity contribution in [3.8, 4) is 0 Å². The van der Waals surface area contributed by atoms with Crippen LogP contribution in [0.5, 0.6) is 0 Å². The Balaban J connectivity index is 1.60. The lowest BCUT2D eigenvalue weighted by Crippen LogP contribution is -2.45. The van der Waals surface area contributed by atoms with Gasteiger partial charge < -0.3 is 14.5 Å². The summed E-state index contributed by atoms with van der Waals surface area (Å²) in [6.07, 6.45) is 5.35. The molecule has 1 saturated heterocycles. The van der Waals surface area contributed by atoms with E-state index in [0.717, 1.165) is 50.3 Å². The fourth-order valence-electron chi connectivity index (χ4n) is 3.67. The second-order valence-corrected chi connectivity index (χ2v) is 6.98. The molecule has 0 radical (unpaired) electrons. The molecule has 1 aliphatic carbocycles. The van der Waals surface area contributed by atoms with E-state index >= 15 is 0 Å². The number of aryl methyl sites for hydroxylation is 1. The Morgan fingerprint density at radius 2 is 1.91 bits per heavy atom. The van der Waals surface area contributed by atoms with Crippen LogP contribution in [0.2, 0.25) is 0 Å². The van der Waals surface area contributed by atoms with Crippen LogP contribution in [0.4, 0.5) is 0 Å². The van der Waals surface area contributed by atoms with Gasteiger partial charge >= 0.3 is 0 Å². The third kappa shape index (κ3) is 4.12. The van der Waals surface area contributed by atoms with Crippen LogP contribution in [0.25, 0.3) is 0 Å². The average molecular weight is 306 g/mol. The van der Waals surface area contributed by atoms with E-state index in [1.54, 1.807) is 0 Å². The van der Waals surface area contributed by atoms with Crippen LogP contribution in [0.3, 0.4) is 0 Å². The summed E-state index contributed by atoms with van der Waals surface area (Å²) in [7, 11) is 0. The van der Waals surface area contributed by atoms with Gasteiger partial charge in [-0.25, -0.2) is 0 Å². The molecule has 1 unspecified atom stereocenters. The van der Waals surface area contributed by atoms with Crippen molar-refractivity contribution in [2.24, 2.45) is 5.92 Å². The molecule has 4 nitrogen and oxygen atoms in total. The third-order valence-electron chi connectivity index (χ3n) is 5.19. The van der Waals surface area contributed by atoms with E-state index in [1.165, 1.54) is 25.7 Å². The predicted octanol–water partition coefficient (Wildman–Crippen LogP) is 3.13. The highest BCUT2D eigenvalue weighted by atomic mass is 16.5. The van der Waals surface area contributed by atoms with Crippen LogP contribution in [0.1, 0.15) is 50.2 Å². The van der Waals surface area contributed by atoms with E-state index < -0.39 is 0 Å². The fraction of sp³-hybridized carbons (Fsp3) is 0.778. The van der Waals surface area contributed by atoms with E-state index in [4.69, 9.17) is 9.15 Å². The van der Waals surface area contributed by atoms with Crippen molar-refractivity contribution in [3.05, 3.63) is 23.7 Å². The lowest BCUT2D eigenvalue weighted by Gasteiger charge is -2.35. The minimum absolute atomic E-state index is 0.331. The molecule has 22 heavy (non-hydrogen) atoms. The fourth-order valence-corrected chi connectivity index (χ4v) is 3.67. The molecule has 3 rings (SSSR count). The standard InChI is InChI=1S/C18H30N2O2/c1-14-3-6-16(7-4-14)19-13-17(18-8-5-15(2)22-18)20-9-11-21-12-10-20/h5,8,14,16-17,19H,3-4,6-7,9-13H2,1-2H3. The summed E-state index contributed by atoms with van der Waals surface area (Å²) < 4.78 is 11.4. The number of nitrogens with one attached hydrogen (secondary N) is 1. The first-order valence-corrected chi connectivity index (χ1v) is 8.84. The zero-order valence-corrected chi connectivity index (χ0v) is 14.0. The molecule has 1 N–H and O–H groups in total. The molecule has 1 aromatic heterocycles. The Bertz CT molecular complexity index is 446. The zero-order chi connectivity index (χ0) is 15.4. The second kappa shape index (κ2) is 7.62. The molecule has 1 saturated carbocycles. The van der Waals surface area contributed by atoms with Crippen LogP contribution >= 0.6 is 0 Å². The van der Waals surface area contributed by atoms with Crippen molar-refractivity contribution in [3.63, 3.8) is 0 Å². The highest BCUT2D eigenvalue weighted by molar-refractivity contribution is 5.11. The van der Waals surface area contributed by atoms with Crippen molar-refractivity contribution in [2.45, 2.75) is 51.6 Å². The molecule has 0 amide bonds. The Kier molecular flexibility index (Phi) is 5.55. The summed E-state index contributed by atoms with van der Waals surface area (Å²) in [5.41, 5.74) is 0. The van der Waals surface area contributed by atoms with Gasteiger partial charge in [-0.3, -0.25) is 4.90 Å². The second-order valence-electron chi connectivity index (χ2n) is 6.98. The molecule has 0 spiro atoms. The summed E-state index contributed by atoms with van der Waals surface area (Å²) >= 11 is 0. The largest absolute Gasteiger partial charge is 0.465 e. The SMILES string of the molecule is Cc1ccc(C(CNC2CCC(C)CC2)N2CCOCC2)o1. The first-order chi connectivity index (χ1) is 10.7. The van der Waals surface area contributed by atoms with Crippen molar-refractivity contribution < 1.29 is 9.15 Å². The average Bonchev–Trinajstić information content (AvgIpc) is 2.97. The highest BCUT2D eigenvalue weighted by Crippen LogP contribution is 2.26. The Labute approximate surface area is 134 Å². The number of furan rings is 1. The topological polar surface area (TPSA) is 37.6 Å². The van der Waals surface area contributed by atoms with Crippen LogP contribution in [0, 0.1) is 12.8 Å². The molecule has 2 aliphatic rings. The van der Waals surface area contributed by atoms with Crippen molar-refractivity contribution in [2.75, 3.05) is 32.8 Å². The van der Waals surface area contributed by atoms with Gasteiger partial charge in [0.15, 0.2) is 0 Å². The van der Waals surface area contributed by atoms with Crippen molar-refractivity contribution in [1.29, 1.82) is 0 Å². The number of rotatable bonds is 5. The van der Waals surface area contributed by atoms with Gasteiger partial charge in [-0.15, -0.1) is 0 Å². The quantitative estimate of drug-likeness (QED) is 0.907. The van der Waals surface area contributed by atoms with Crippen LogP contribution in [0.15, 0.2) is 16.5 Å². The van der Waals surface area contributed by atoms with Crippen LogP contribution in [-0.4, -0.2) is 43.8 Å². The number of hydrogen-bond donors (Lipinski definition) is 1. The summed E-state index contributed by atoms with van der Waals surface area (Å²) in [6.45, 7) is 9.02. The maximum atomic E-state index is 5.93. The maximum absolute atomic E-state index is 5.93. The lowest BCUT2D eigenvalue weighted by molar-refractivity contribution is 0.0106. The molecule has 0 aromatic carbocycles. The van der Waals surface area contributed by atoms with Crippen LogP contribution < -0.4 is 5.32 Å². The van der Waals surface area contributed by atoms with Gasteiger partial charge in [0.25, 0.3) is 0 Å². The highest BCUT2D eigenvalue weighted by Gasteiger charge is 2.26. The van der Waals surface area contributed by atoms with Gasteiger partial charge in [0, 0.05) is 25.7 Å². The molecular weight excluding hydrogens is 276 g/mol. The molecule has 0 bridgehead atoms. The summed E-state index contributed by atoms with van der Waals surface area (Å²) in [5.74, 6) is 3.00. The van der Waals surface area contributed by atoms with Gasteiger partial charge in [-0.1, -0.05) is 6.92 Å². The Hall–Kier alpha value is -0.840. The number of nitrogens with zero attached hydrogens (tertiary/aromatic N) is 1. The first-order valence-electron chi connectivity index (χ1n) is 8.84. The zero-order valence-electron chi connectivity index (χ0n) is 14.0. The molecule has 124 valence electrons. The molecular formula is C18H30N2O2. The van der Waals surface area contributed by atoms with Crippen LogP contribution in [-0.2, 0) is 4.74 Å². The van der Waals surface area contributed by atoms with E-state index in [0.29, 0.717) is 12.1 Å². The third-order valence-corrected chi connectivity index (χ3v) is 5.19. The maximum Gasteiger partial charge on any atom is 0.122 e. The van der Waals surface area contributed by atoms with Gasteiger partial charge in [0.2, 0.25) is 0 Å². The first kappa shape index (κ1) is 16.0. The normalized spacial score (nSPS) is 28.6. The van der Waals surface area contributed by atoms with Gasteiger partial charge in [0.1, 0.15) is 11.5 Å². The monoisotopic (exact) mass is 306 g/mol. The summed E-state index contributed by atoms with van der Waals surface area (Å²) in [5, 5.41) is 3.80. The minimum atomic E-state index is 0.331. The molecule has 1 aromatic rings. The summed E-state index contributed by atoms with van der Waals surface area (Å²) in [6, 6.07) is 5.22. The number of ether oxygens (including phenoxy) is 1. The number of hydrogen-bond acceptors (Lipinski definition) is 4. The molecule has 1 atom stereocenters. The predicted molar refractivity (Wildman–Crippen MR) is 88.0 cm³/mol. The summed E-state index contributed by atoms with van der Waals surface area (Å²) in [4.78, 5) is 2.50. The smallest absolute Gasteiger partial charge is 0.122 e. The molecule has 2 heterocycles. The van der Waals surface area contributed by atoms with E-state index in [2.05, 4.69) is 29.3 Å². The van der Waals surface area contributed by atoms with Crippen molar-refractivity contribution in [1.82, 2.24) is 10.2 Å². The van der Waals surface area contributed by atoms with Gasteiger partial charge in [-0.05, 0) is 50.7 Å². The molecule has 4 heteroatoms. The van der Waals surface area contributed by atoms with Gasteiger partial charge in [-0.2, -0.15) is 0 Å². The molecule has 1 aliphatic heterocycles.